The van der Waals surface area contributed by atoms with Gasteiger partial charge < -0.3 is 10.0 Å². The van der Waals surface area contributed by atoms with Crippen LogP contribution in [0.15, 0.2) is 11.4 Å². The van der Waals surface area contributed by atoms with Crippen molar-refractivity contribution in [3.05, 3.63) is 21.9 Å². The molecule has 1 N–H and O–H groups in total. The summed E-state index contributed by atoms with van der Waals surface area (Å²) in [4.78, 5) is 25.1. The number of rotatable bonds is 3. The average molecular weight is 343 g/mol. The van der Waals surface area contributed by atoms with Crippen LogP contribution in [0.3, 0.4) is 0 Å². The van der Waals surface area contributed by atoms with Gasteiger partial charge in [-0.3, -0.25) is 4.79 Å². The Morgan fingerprint density at radius 1 is 1.36 bits per heavy atom. The third kappa shape index (κ3) is 3.03. The molecule has 0 aliphatic carbocycles. The van der Waals surface area contributed by atoms with E-state index >= 15 is 0 Å². The van der Waals surface area contributed by atoms with Gasteiger partial charge in [-0.25, -0.2) is 13.2 Å². The molecule has 0 saturated carbocycles. The first kappa shape index (κ1) is 15.5. The number of hydrogen-bond donors (Lipinski definition) is 1. The SMILES string of the molecule is O=C(O)c1cc(CC(=O)N2CCC3(CCS(=O)(=O)C3)C2)cs1. The van der Waals surface area contributed by atoms with Gasteiger partial charge in [-0.15, -0.1) is 11.3 Å². The summed E-state index contributed by atoms with van der Waals surface area (Å²) in [7, 11) is -2.95. The summed E-state index contributed by atoms with van der Waals surface area (Å²) in [6.45, 7) is 1.09. The standard InChI is InChI=1S/C14H17NO5S2/c16-12(6-10-5-11(13(17)18)21-7-10)15-3-1-14(8-15)2-4-22(19,20)9-14/h5,7H,1-4,6,8-9H2,(H,17,18). The van der Waals surface area contributed by atoms with Crippen LogP contribution in [0, 0.1) is 5.41 Å². The molecule has 1 aromatic heterocycles. The van der Waals surface area contributed by atoms with Crippen molar-refractivity contribution in [2.45, 2.75) is 19.3 Å². The Morgan fingerprint density at radius 2 is 2.14 bits per heavy atom. The number of carboxylic acid groups (broad SMARTS) is 1. The topological polar surface area (TPSA) is 91.8 Å². The van der Waals surface area contributed by atoms with Gasteiger partial charge in [0.05, 0.1) is 17.9 Å². The van der Waals surface area contributed by atoms with Crippen molar-refractivity contribution in [2.24, 2.45) is 5.41 Å². The van der Waals surface area contributed by atoms with E-state index in [0.29, 0.717) is 25.1 Å². The second-order valence-electron chi connectivity index (χ2n) is 6.21. The quantitative estimate of drug-likeness (QED) is 0.885. The number of nitrogens with zero attached hydrogens (tertiary/aromatic N) is 1. The summed E-state index contributed by atoms with van der Waals surface area (Å²) in [5.74, 6) is -0.636. The molecule has 8 heteroatoms. The largest absolute Gasteiger partial charge is 0.477 e. The maximum Gasteiger partial charge on any atom is 0.345 e. The van der Waals surface area contributed by atoms with Crippen LogP contribution in [0.1, 0.15) is 28.1 Å². The maximum absolute atomic E-state index is 12.3. The molecule has 1 amide bonds. The summed E-state index contributed by atoms with van der Waals surface area (Å²) >= 11 is 1.11. The van der Waals surface area contributed by atoms with Crippen molar-refractivity contribution >= 4 is 33.1 Å². The minimum atomic E-state index is -2.95. The van der Waals surface area contributed by atoms with Crippen molar-refractivity contribution in [1.29, 1.82) is 0 Å². The Hall–Kier alpha value is -1.41. The van der Waals surface area contributed by atoms with Crippen molar-refractivity contribution in [1.82, 2.24) is 4.90 Å². The van der Waals surface area contributed by atoms with Crippen molar-refractivity contribution in [3.63, 3.8) is 0 Å². The molecule has 3 rings (SSSR count). The first-order valence-electron chi connectivity index (χ1n) is 7.08. The molecule has 2 saturated heterocycles. The average Bonchev–Trinajstić information content (AvgIpc) is 3.10. The minimum Gasteiger partial charge on any atom is -0.477 e. The molecule has 1 aromatic rings. The Kier molecular flexibility index (Phi) is 3.76. The van der Waals surface area contributed by atoms with Crippen LogP contribution in [-0.4, -0.2) is 54.9 Å². The first-order valence-corrected chi connectivity index (χ1v) is 9.78. The second-order valence-corrected chi connectivity index (χ2v) is 9.30. The van der Waals surface area contributed by atoms with E-state index in [-0.39, 0.29) is 34.1 Å². The molecule has 1 unspecified atom stereocenters. The van der Waals surface area contributed by atoms with Crippen LogP contribution in [0.2, 0.25) is 0 Å². The monoisotopic (exact) mass is 343 g/mol. The summed E-state index contributed by atoms with van der Waals surface area (Å²) in [5, 5.41) is 10.6. The molecule has 0 bridgehead atoms. The van der Waals surface area contributed by atoms with Crippen LogP contribution in [0.25, 0.3) is 0 Å². The van der Waals surface area contributed by atoms with E-state index in [0.717, 1.165) is 17.8 Å². The highest BCUT2D eigenvalue weighted by molar-refractivity contribution is 7.91. The van der Waals surface area contributed by atoms with Crippen LogP contribution in [0.5, 0.6) is 0 Å². The molecule has 2 fully saturated rings. The fraction of sp³-hybridized carbons (Fsp3) is 0.571. The number of carbonyl (C=O) groups excluding carboxylic acids is 1. The van der Waals surface area contributed by atoms with Gasteiger partial charge in [0.2, 0.25) is 5.91 Å². The van der Waals surface area contributed by atoms with Gasteiger partial charge in [-0.1, -0.05) is 0 Å². The van der Waals surface area contributed by atoms with E-state index in [4.69, 9.17) is 5.11 Å². The lowest BCUT2D eigenvalue weighted by Crippen LogP contribution is -2.33. The van der Waals surface area contributed by atoms with Crippen LogP contribution in [-0.2, 0) is 21.1 Å². The Morgan fingerprint density at radius 3 is 2.73 bits per heavy atom. The summed E-state index contributed by atoms with van der Waals surface area (Å²) < 4.78 is 23.3. The molecule has 120 valence electrons. The zero-order valence-corrected chi connectivity index (χ0v) is 13.6. The number of carbonyl (C=O) groups is 2. The number of aromatic carboxylic acids is 1. The number of thiophene rings is 1. The molecule has 3 heterocycles. The normalized spacial score (nSPS) is 26.6. The molecule has 2 aliphatic rings. The van der Waals surface area contributed by atoms with Gasteiger partial charge in [0, 0.05) is 18.5 Å². The molecule has 1 atom stereocenters. The molecular weight excluding hydrogens is 326 g/mol. The van der Waals surface area contributed by atoms with Gasteiger partial charge in [0.1, 0.15) is 4.88 Å². The second kappa shape index (κ2) is 5.34. The zero-order valence-electron chi connectivity index (χ0n) is 11.9. The van der Waals surface area contributed by atoms with E-state index in [2.05, 4.69) is 0 Å². The highest BCUT2D eigenvalue weighted by Crippen LogP contribution is 2.40. The van der Waals surface area contributed by atoms with Crippen molar-refractivity contribution < 1.29 is 23.1 Å². The van der Waals surface area contributed by atoms with Gasteiger partial charge in [-0.2, -0.15) is 0 Å². The third-order valence-electron chi connectivity index (χ3n) is 4.48. The summed E-state index contributed by atoms with van der Waals surface area (Å²) in [6, 6.07) is 1.52. The van der Waals surface area contributed by atoms with Gasteiger partial charge in [0.15, 0.2) is 9.84 Å². The van der Waals surface area contributed by atoms with E-state index in [1.54, 1.807) is 10.3 Å². The molecule has 0 radical (unpaired) electrons. The molecule has 2 aliphatic heterocycles. The number of sulfone groups is 1. The lowest BCUT2D eigenvalue weighted by molar-refractivity contribution is -0.129. The van der Waals surface area contributed by atoms with Gasteiger partial charge in [0.25, 0.3) is 0 Å². The smallest absolute Gasteiger partial charge is 0.345 e. The van der Waals surface area contributed by atoms with E-state index in [9.17, 15) is 18.0 Å². The highest BCUT2D eigenvalue weighted by Gasteiger charge is 2.47. The predicted molar refractivity (Wildman–Crippen MR) is 81.9 cm³/mol. The maximum atomic E-state index is 12.3. The molecule has 22 heavy (non-hydrogen) atoms. The van der Waals surface area contributed by atoms with Crippen molar-refractivity contribution in [2.75, 3.05) is 24.6 Å². The number of amides is 1. The Bertz CT molecular complexity index is 723. The lowest BCUT2D eigenvalue weighted by atomic mass is 9.87. The minimum absolute atomic E-state index is 0.0593. The summed E-state index contributed by atoms with van der Waals surface area (Å²) in [5.41, 5.74) is 0.447. The fourth-order valence-corrected chi connectivity index (χ4v) is 6.27. The summed E-state index contributed by atoms with van der Waals surface area (Å²) in [6.07, 6.45) is 1.55. The predicted octanol–water partition coefficient (Wildman–Crippen LogP) is 1.03. The van der Waals surface area contributed by atoms with E-state index < -0.39 is 15.8 Å². The van der Waals surface area contributed by atoms with Crippen LogP contribution < -0.4 is 0 Å². The number of carboxylic acids is 1. The number of likely N-dealkylation sites (tertiary alicyclic amines) is 1. The van der Waals surface area contributed by atoms with Crippen molar-refractivity contribution in [3.8, 4) is 0 Å². The number of hydrogen-bond acceptors (Lipinski definition) is 5. The molecular formula is C14H17NO5S2. The lowest BCUT2D eigenvalue weighted by Gasteiger charge is -2.22. The van der Waals surface area contributed by atoms with Crippen LogP contribution >= 0.6 is 11.3 Å². The van der Waals surface area contributed by atoms with Gasteiger partial charge >= 0.3 is 5.97 Å². The molecule has 0 aromatic carbocycles. The van der Waals surface area contributed by atoms with E-state index in [1.165, 1.54) is 6.07 Å². The van der Waals surface area contributed by atoms with E-state index in [1.807, 2.05) is 0 Å². The fourth-order valence-electron chi connectivity index (χ4n) is 3.32. The zero-order chi connectivity index (χ0) is 16.0. The first-order chi connectivity index (χ1) is 10.3. The van der Waals surface area contributed by atoms with Gasteiger partial charge in [-0.05, 0) is 29.9 Å². The highest BCUT2D eigenvalue weighted by atomic mass is 32.2. The Balaban J connectivity index is 1.63. The van der Waals surface area contributed by atoms with Crippen LogP contribution in [0.4, 0.5) is 0 Å². The molecule has 1 spiro atoms. The Labute approximate surface area is 132 Å². The third-order valence-corrected chi connectivity index (χ3v) is 7.33. The molecule has 6 nitrogen and oxygen atoms in total.